The van der Waals surface area contributed by atoms with Crippen LogP contribution in [0.15, 0.2) is 18.2 Å². The molecule has 0 fully saturated rings. The number of benzene rings is 1. The van der Waals surface area contributed by atoms with Crippen LogP contribution in [0.3, 0.4) is 0 Å². The summed E-state index contributed by atoms with van der Waals surface area (Å²) < 4.78 is 5.02. The molecule has 0 radical (unpaired) electrons. The Morgan fingerprint density at radius 1 is 1.48 bits per heavy atom. The first kappa shape index (κ1) is 16.8. The largest absolute Gasteiger partial charge is 0.444 e. The monoisotopic (exact) mass is 310 g/mol. The molecule has 0 heterocycles. The minimum absolute atomic E-state index is 0.0125. The third kappa shape index (κ3) is 6.15. The van der Waals surface area contributed by atoms with Crippen LogP contribution in [-0.4, -0.2) is 23.2 Å². The molecule has 0 aliphatic heterocycles. The zero-order valence-corrected chi connectivity index (χ0v) is 12.7. The van der Waals surface area contributed by atoms with E-state index in [-0.39, 0.29) is 17.8 Å². The molecule has 1 aromatic rings. The van der Waals surface area contributed by atoms with Crippen LogP contribution in [0.1, 0.15) is 26.3 Å². The van der Waals surface area contributed by atoms with Crippen molar-refractivity contribution in [1.29, 1.82) is 0 Å². The van der Waals surface area contributed by atoms with Gasteiger partial charge in [-0.1, -0.05) is 23.4 Å². The van der Waals surface area contributed by atoms with Gasteiger partial charge in [-0.25, -0.2) is 4.79 Å². The first-order chi connectivity index (χ1) is 9.69. The highest BCUT2D eigenvalue weighted by atomic mass is 35.5. The molecule has 0 aromatic heterocycles. The molecular formula is C14H15ClN2O4. The molecule has 0 aliphatic carbocycles. The maximum absolute atomic E-state index is 11.4. The third-order valence-corrected chi connectivity index (χ3v) is 2.33. The van der Waals surface area contributed by atoms with E-state index in [1.54, 1.807) is 20.8 Å². The van der Waals surface area contributed by atoms with Crippen molar-refractivity contribution < 1.29 is 14.5 Å². The molecule has 7 heteroatoms. The van der Waals surface area contributed by atoms with Crippen molar-refractivity contribution in [2.45, 2.75) is 26.4 Å². The average Bonchev–Trinajstić information content (AvgIpc) is 2.32. The lowest BCUT2D eigenvalue weighted by atomic mass is 10.2. The number of ether oxygens (including phenoxy) is 1. The summed E-state index contributed by atoms with van der Waals surface area (Å²) in [6, 6.07) is 4.11. The number of rotatable bonds is 2. The van der Waals surface area contributed by atoms with Gasteiger partial charge in [0.2, 0.25) is 0 Å². The standard InChI is InChI=1S/C14H15ClN2O4/c1-14(2,3)21-13(18)16-8-4-5-10-9-11(15)6-7-12(10)17(19)20/h6-7,9H,8H2,1-3H3,(H,16,18). The Balaban J connectivity index is 2.69. The van der Waals surface area contributed by atoms with Crippen molar-refractivity contribution in [1.82, 2.24) is 5.32 Å². The molecule has 0 saturated heterocycles. The van der Waals surface area contributed by atoms with E-state index in [2.05, 4.69) is 17.2 Å². The van der Waals surface area contributed by atoms with Crippen molar-refractivity contribution in [2.75, 3.05) is 6.54 Å². The second-order valence-corrected chi connectivity index (χ2v) is 5.51. The van der Waals surface area contributed by atoms with Crippen LogP contribution >= 0.6 is 11.6 Å². The van der Waals surface area contributed by atoms with Gasteiger partial charge in [-0.15, -0.1) is 0 Å². The van der Waals surface area contributed by atoms with Gasteiger partial charge in [-0.3, -0.25) is 10.1 Å². The number of halogens is 1. The Morgan fingerprint density at radius 2 is 2.14 bits per heavy atom. The molecule has 21 heavy (non-hydrogen) atoms. The predicted octanol–water partition coefficient (Wildman–Crippen LogP) is 3.12. The highest BCUT2D eigenvalue weighted by Gasteiger charge is 2.15. The van der Waals surface area contributed by atoms with Crippen molar-refractivity contribution in [3.05, 3.63) is 38.9 Å². The second-order valence-electron chi connectivity index (χ2n) is 5.08. The molecule has 6 nitrogen and oxygen atoms in total. The highest BCUT2D eigenvalue weighted by Crippen LogP contribution is 2.21. The van der Waals surface area contributed by atoms with Crippen LogP contribution in [0.2, 0.25) is 5.02 Å². The van der Waals surface area contributed by atoms with Gasteiger partial charge in [0, 0.05) is 11.1 Å². The number of hydrogen-bond donors (Lipinski definition) is 1. The first-order valence-corrected chi connectivity index (χ1v) is 6.46. The predicted molar refractivity (Wildman–Crippen MR) is 79.2 cm³/mol. The molecular weight excluding hydrogens is 296 g/mol. The van der Waals surface area contributed by atoms with E-state index in [9.17, 15) is 14.9 Å². The Hall–Kier alpha value is -2.26. The number of nitrogens with zero attached hydrogens (tertiary/aromatic N) is 1. The van der Waals surface area contributed by atoms with Gasteiger partial charge < -0.3 is 10.1 Å². The lowest BCUT2D eigenvalue weighted by molar-refractivity contribution is -0.385. The van der Waals surface area contributed by atoms with Crippen molar-refractivity contribution in [3.8, 4) is 11.8 Å². The number of carbonyl (C=O) groups is 1. The Kier molecular flexibility index (Phi) is 5.56. The summed E-state index contributed by atoms with van der Waals surface area (Å²) in [7, 11) is 0. The smallest absolute Gasteiger partial charge is 0.408 e. The molecule has 112 valence electrons. The SMILES string of the molecule is CC(C)(C)OC(=O)NCC#Cc1cc(Cl)ccc1[N+](=O)[O-]. The second kappa shape index (κ2) is 6.95. The molecule has 1 rings (SSSR count). The lowest BCUT2D eigenvalue weighted by Gasteiger charge is -2.18. The fourth-order valence-corrected chi connectivity index (χ4v) is 1.51. The van der Waals surface area contributed by atoms with E-state index in [1.807, 2.05) is 0 Å². The van der Waals surface area contributed by atoms with Gasteiger partial charge in [0.25, 0.3) is 5.69 Å². The maximum atomic E-state index is 11.4. The van der Waals surface area contributed by atoms with E-state index >= 15 is 0 Å². The summed E-state index contributed by atoms with van der Waals surface area (Å²) >= 11 is 5.78. The molecule has 0 unspecified atom stereocenters. The van der Waals surface area contributed by atoms with E-state index in [0.29, 0.717) is 5.02 Å². The number of carbonyl (C=O) groups excluding carboxylic acids is 1. The van der Waals surface area contributed by atoms with Gasteiger partial charge in [0.1, 0.15) is 11.2 Å². The molecule has 1 aromatic carbocycles. The molecule has 0 saturated carbocycles. The van der Waals surface area contributed by atoms with Crippen LogP contribution in [-0.2, 0) is 4.74 Å². The van der Waals surface area contributed by atoms with E-state index < -0.39 is 16.6 Å². The van der Waals surface area contributed by atoms with Crippen LogP contribution in [0.25, 0.3) is 0 Å². The Bertz CT molecular complexity index is 612. The summed E-state index contributed by atoms with van der Waals surface area (Å²) in [5, 5.41) is 13.6. The van der Waals surface area contributed by atoms with Crippen LogP contribution < -0.4 is 5.32 Å². The molecule has 1 amide bonds. The Labute approximate surface area is 127 Å². The molecule has 1 N–H and O–H groups in total. The number of amides is 1. The summed E-state index contributed by atoms with van der Waals surface area (Å²) in [5.74, 6) is 5.22. The topological polar surface area (TPSA) is 81.5 Å². The quantitative estimate of drug-likeness (QED) is 0.517. The number of nitrogens with one attached hydrogen (secondary N) is 1. The zero-order valence-electron chi connectivity index (χ0n) is 11.9. The fraction of sp³-hybridized carbons (Fsp3) is 0.357. The lowest BCUT2D eigenvalue weighted by Crippen LogP contribution is -2.32. The van der Waals surface area contributed by atoms with Gasteiger partial charge in [0.05, 0.1) is 11.5 Å². The van der Waals surface area contributed by atoms with Gasteiger partial charge in [0.15, 0.2) is 0 Å². The minimum atomic E-state index is -0.600. The summed E-state index contributed by atoms with van der Waals surface area (Å²) in [6.07, 6.45) is -0.600. The zero-order chi connectivity index (χ0) is 16.0. The molecule has 0 spiro atoms. The molecule has 0 atom stereocenters. The summed E-state index contributed by atoms with van der Waals surface area (Å²) in [6.45, 7) is 5.24. The van der Waals surface area contributed by atoms with E-state index in [1.165, 1.54) is 18.2 Å². The normalized spacial score (nSPS) is 10.3. The van der Waals surface area contributed by atoms with Gasteiger partial charge >= 0.3 is 6.09 Å². The molecule has 0 bridgehead atoms. The number of nitro benzene ring substituents is 1. The summed E-state index contributed by atoms with van der Waals surface area (Å²) in [5.41, 5.74) is -0.536. The van der Waals surface area contributed by atoms with Gasteiger partial charge in [-0.2, -0.15) is 0 Å². The number of alkyl carbamates (subject to hydrolysis) is 1. The maximum Gasteiger partial charge on any atom is 0.408 e. The van der Waals surface area contributed by atoms with Gasteiger partial charge in [-0.05, 0) is 32.9 Å². The Morgan fingerprint density at radius 3 is 2.71 bits per heavy atom. The molecule has 0 aliphatic rings. The highest BCUT2D eigenvalue weighted by molar-refractivity contribution is 6.30. The van der Waals surface area contributed by atoms with E-state index in [4.69, 9.17) is 16.3 Å². The summed E-state index contributed by atoms with van der Waals surface area (Å²) in [4.78, 5) is 21.7. The first-order valence-electron chi connectivity index (χ1n) is 6.09. The average molecular weight is 311 g/mol. The third-order valence-electron chi connectivity index (χ3n) is 2.10. The number of hydrogen-bond acceptors (Lipinski definition) is 4. The van der Waals surface area contributed by atoms with Crippen molar-refractivity contribution in [2.24, 2.45) is 0 Å². The number of nitro groups is 1. The van der Waals surface area contributed by atoms with E-state index in [0.717, 1.165) is 0 Å². The van der Waals surface area contributed by atoms with Crippen molar-refractivity contribution in [3.63, 3.8) is 0 Å². The van der Waals surface area contributed by atoms with Crippen LogP contribution in [0.4, 0.5) is 10.5 Å². The van der Waals surface area contributed by atoms with Crippen LogP contribution in [0, 0.1) is 22.0 Å². The minimum Gasteiger partial charge on any atom is -0.444 e. The fourth-order valence-electron chi connectivity index (χ4n) is 1.34. The van der Waals surface area contributed by atoms with Crippen molar-refractivity contribution >= 4 is 23.4 Å². The van der Waals surface area contributed by atoms with Crippen LogP contribution in [0.5, 0.6) is 0 Å².